The van der Waals surface area contributed by atoms with Gasteiger partial charge in [0.2, 0.25) is 0 Å². The highest BCUT2D eigenvalue weighted by Gasteiger charge is 2.45. The predicted molar refractivity (Wildman–Crippen MR) is 107 cm³/mol. The van der Waals surface area contributed by atoms with E-state index in [2.05, 4.69) is 6.58 Å². The van der Waals surface area contributed by atoms with E-state index in [1.165, 1.54) is 0 Å². The van der Waals surface area contributed by atoms with Crippen LogP contribution in [-0.2, 0) is 32.2 Å². The molecule has 28 heavy (non-hydrogen) atoms. The summed E-state index contributed by atoms with van der Waals surface area (Å²) in [5.74, 6) is 0. The van der Waals surface area contributed by atoms with E-state index in [1.54, 1.807) is 13.0 Å². The Morgan fingerprint density at radius 2 is 1.43 bits per heavy atom. The second-order valence-corrected chi connectivity index (χ2v) is 6.84. The Kier molecular flexibility index (Phi) is 7.77. The Bertz CT molecular complexity index is 705. The average molecular weight is 384 g/mol. The molecule has 1 aliphatic heterocycles. The van der Waals surface area contributed by atoms with Crippen molar-refractivity contribution in [3.8, 4) is 0 Å². The lowest BCUT2D eigenvalue weighted by molar-refractivity contribution is -0.310. The largest absolute Gasteiger partial charge is 0.388 e. The molecule has 0 bridgehead atoms. The fourth-order valence-electron chi connectivity index (χ4n) is 3.18. The van der Waals surface area contributed by atoms with E-state index in [0.717, 1.165) is 11.1 Å². The number of aliphatic hydroxyl groups is 1. The van der Waals surface area contributed by atoms with Gasteiger partial charge in [-0.15, -0.1) is 6.58 Å². The van der Waals surface area contributed by atoms with Crippen molar-refractivity contribution >= 4 is 0 Å². The van der Waals surface area contributed by atoms with Crippen LogP contribution in [0, 0.1) is 0 Å². The second-order valence-electron chi connectivity index (χ2n) is 6.84. The van der Waals surface area contributed by atoms with Gasteiger partial charge in [0.25, 0.3) is 0 Å². The van der Waals surface area contributed by atoms with Crippen LogP contribution in [0.1, 0.15) is 18.1 Å². The van der Waals surface area contributed by atoms with Crippen molar-refractivity contribution in [2.24, 2.45) is 0 Å². The molecular formula is C23H28O5. The summed E-state index contributed by atoms with van der Waals surface area (Å²) in [5, 5.41) is 10.7. The summed E-state index contributed by atoms with van der Waals surface area (Å²) < 4.78 is 23.9. The molecule has 150 valence electrons. The van der Waals surface area contributed by atoms with Crippen LogP contribution in [0.4, 0.5) is 0 Å². The van der Waals surface area contributed by atoms with Crippen molar-refractivity contribution in [1.82, 2.24) is 0 Å². The first-order chi connectivity index (χ1) is 13.7. The van der Waals surface area contributed by atoms with Crippen LogP contribution >= 0.6 is 0 Å². The molecule has 1 heterocycles. The molecule has 3 rings (SSSR count). The van der Waals surface area contributed by atoms with Crippen molar-refractivity contribution in [1.29, 1.82) is 0 Å². The van der Waals surface area contributed by atoms with E-state index in [1.807, 2.05) is 60.7 Å². The average Bonchev–Trinajstić information content (AvgIpc) is 2.74. The minimum Gasteiger partial charge on any atom is -0.388 e. The van der Waals surface area contributed by atoms with Gasteiger partial charge < -0.3 is 24.1 Å². The summed E-state index contributed by atoms with van der Waals surface area (Å²) >= 11 is 0. The summed E-state index contributed by atoms with van der Waals surface area (Å²) in [7, 11) is 0. The monoisotopic (exact) mass is 384 g/mol. The zero-order valence-corrected chi connectivity index (χ0v) is 16.1. The molecule has 0 aromatic heterocycles. The standard InChI is InChI=1S/C23H28O5/c1-3-14-25-23-22(27-16-19-12-8-5-9-13-19)21(20(24)17(2)28-23)26-15-18-10-6-4-7-11-18/h3-13,17,20-24H,1,14-16H2,2H3/t17-,20-,21+,22+,23?/m1/s1. The third kappa shape index (κ3) is 5.50. The van der Waals surface area contributed by atoms with Gasteiger partial charge in [0.05, 0.1) is 25.9 Å². The summed E-state index contributed by atoms with van der Waals surface area (Å²) in [4.78, 5) is 0. The van der Waals surface area contributed by atoms with Crippen molar-refractivity contribution < 1.29 is 24.1 Å². The Balaban J connectivity index is 1.74. The van der Waals surface area contributed by atoms with Crippen LogP contribution in [0.2, 0.25) is 0 Å². The van der Waals surface area contributed by atoms with Gasteiger partial charge in [-0.2, -0.15) is 0 Å². The van der Waals surface area contributed by atoms with Crippen LogP contribution < -0.4 is 0 Å². The lowest BCUT2D eigenvalue weighted by atomic mass is 9.99. The molecule has 1 unspecified atom stereocenters. The fourth-order valence-corrected chi connectivity index (χ4v) is 3.18. The zero-order valence-electron chi connectivity index (χ0n) is 16.1. The predicted octanol–water partition coefficient (Wildman–Crippen LogP) is 3.47. The number of ether oxygens (including phenoxy) is 4. The van der Waals surface area contributed by atoms with E-state index >= 15 is 0 Å². The van der Waals surface area contributed by atoms with E-state index < -0.39 is 30.7 Å². The summed E-state index contributed by atoms with van der Waals surface area (Å²) in [5.41, 5.74) is 2.05. The topological polar surface area (TPSA) is 57.2 Å². The Morgan fingerprint density at radius 1 is 0.893 bits per heavy atom. The molecule has 1 aliphatic rings. The number of aliphatic hydroxyl groups excluding tert-OH is 1. The zero-order chi connectivity index (χ0) is 19.8. The molecule has 2 aromatic carbocycles. The van der Waals surface area contributed by atoms with E-state index in [4.69, 9.17) is 18.9 Å². The summed E-state index contributed by atoms with van der Waals surface area (Å²) in [6, 6.07) is 19.7. The molecule has 2 aromatic rings. The van der Waals surface area contributed by atoms with Gasteiger partial charge in [-0.25, -0.2) is 0 Å². The van der Waals surface area contributed by atoms with Gasteiger partial charge >= 0.3 is 0 Å². The minimum atomic E-state index is -0.826. The molecule has 0 aliphatic carbocycles. The smallest absolute Gasteiger partial charge is 0.187 e. The molecule has 0 spiro atoms. The first-order valence-electron chi connectivity index (χ1n) is 9.56. The minimum absolute atomic E-state index is 0.323. The van der Waals surface area contributed by atoms with Gasteiger partial charge in [-0.3, -0.25) is 0 Å². The van der Waals surface area contributed by atoms with E-state index in [-0.39, 0.29) is 0 Å². The van der Waals surface area contributed by atoms with Gasteiger partial charge in [0.15, 0.2) is 6.29 Å². The van der Waals surface area contributed by atoms with Crippen LogP contribution in [0.15, 0.2) is 73.3 Å². The molecule has 0 saturated carbocycles. The number of hydrogen-bond donors (Lipinski definition) is 1. The summed E-state index contributed by atoms with van der Waals surface area (Å²) in [6.07, 6.45) is -1.41. The first-order valence-corrected chi connectivity index (χ1v) is 9.56. The van der Waals surface area contributed by atoms with Crippen LogP contribution in [0.25, 0.3) is 0 Å². The van der Waals surface area contributed by atoms with Crippen LogP contribution in [0.3, 0.4) is 0 Å². The fraction of sp³-hybridized carbons (Fsp3) is 0.391. The highest BCUT2D eigenvalue weighted by atomic mass is 16.7. The molecule has 1 N–H and O–H groups in total. The van der Waals surface area contributed by atoms with Crippen LogP contribution in [0.5, 0.6) is 0 Å². The lowest BCUT2D eigenvalue weighted by Gasteiger charge is -2.43. The van der Waals surface area contributed by atoms with E-state index in [0.29, 0.717) is 19.8 Å². The molecule has 5 nitrogen and oxygen atoms in total. The molecule has 1 saturated heterocycles. The number of benzene rings is 2. The first kappa shape index (κ1) is 20.7. The Morgan fingerprint density at radius 3 is 1.96 bits per heavy atom. The maximum atomic E-state index is 10.7. The highest BCUT2D eigenvalue weighted by molar-refractivity contribution is 5.14. The van der Waals surface area contributed by atoms with E-state index in [9.17, 15) is 5.11 Å². The molecular weight excluding hydrogens is 356 g/mol. The summed E-state index contributed by atoms with van der Waals surface area (Å²) in [6.45, 7) is 6.56. The molecule has 1 fully saturated rings. The molecule has 5 heteroatoms. The Hall–Kier alpha value is -2.02. The van der Waals surface area contributed by atoms with Gasteiger partial charge in [0, 0.05) is 0 Å². The third-order valence-electron chi connectivity index (χ3n) is 4.71. The van der Waals surface area contributed by atoms with Crippen molar-refractivity contribution in [3.05, 3.63) is 84.4 Å². The Labute approximate surface area is 166 Å². The lowest BCUT2D eigenvalue weighted by Crippen LogP contribution is -2.59. The molecule has 0 amide bonds. The third-order valence-corrected chi connectivity index (χ3v) is 4.71. The molecule has 5 atom stereocenters. The van der Waals surface area contributed by atoms with Crippen molar-refractivity contribution in [2.75, 3.05) is 6.61 Å². The van der Waals surface area contributed by atoms with Gasteiger partial charge in [-0.05, 0) is 18.1 Å². The maximum Gasteiger partial charge on any atom is 0.187 e. The normalized spacial score (nSPS) is 27.4. The van der Waals surface area contributed by atoms with Crippen molar-refractivity contribution in [3.63, 3.8) is 0 Å². The maximum absolute atomic E-state index is 10.7. The highest BCUT2D eigenvalue weighted by Crippen LogP contribution is 2.28. The molecule has 0 radical (unpaired) electrons. The van der Waals surface area contributed by atoms with Crippen LogP contribution in [-0.4, -0.2) is 42.4 Å². The number of hydrogen-bond acceptors (Lipinski definition) is 5. The van der Waals surface area contributed by atoms with Crippen molar-refractivity contribution in [2.45, 2.75) is 50.8 Å². The second kappa shape index (κ2) is 10.5. The van der Waals surface area contributed by atoms with Gasteiger partial charge in [-0.1, -0.05) is 66.7 Å². The SMILES string of the molecule is C=CCOC1O[C@H](C)[C@@H](O)[C@H](OCc2ccccc2)[C@@H]1OCc1ccccc1. The quantitative estimate of drug-likeness (QED) is 0.671. The van der Waals surface area contributed by atoms with Gasteiger partial charge in [0.1, 0.15) is 18.3 Å². The number of rotatable bonds is 9.